The number of hydrogen-bond donors (Lipinski definition) is 1. The molecular weight excluding hydrogens is 536 g/mol. The van der Waals surface area contributed by atoms with Gasteiger partial charge in [-0.05, 0) is 48.0 Å². The van der Waals surface area contributed by atoms with Gasteiger partial charge in [-0.25, -0.2) is 15.4 Å². The molecule has 2 heterocycles. The third-order valence-corrected chi connectivity index (χ3v) is 7.15. The van der Waals surface area contributed by atoms with Crippen molar-refractivity contribution in [2.45, 2.75) is 11.0 Å². The number of nitrogens with one attached hydrogen (secondary N) is 1. The van der Waals surface area contributed by atoms with Crippen LogP contribution in [0.15, 0.2) is 122 Å². The lowest BCUT2D eigenvalue weighted by Gasteiger charge is -2.08. The van der Waals surface area contributed by atoms with Gasteiger partial charge in [0, 0.05) is 22.4 Å². The molecule has 0 aliphatic heterocycles. The number of benzene rings is 4. The third kappa shape index (κ3) is 5.90. The van der Waals surface area contributed by atoms with Crippen molar-refractivity contribution in [2.24, 2.45) is 5.10 Å². The summed E-state index contributed by atoms with van der Waals surface area (Å²) in [5.74, 6) is 1.92. The molecule has 0 spiro atoms. The van der Waals surface area contributed by atoms with E-state index in [9.17, 15) is 4.79 Å². The number of methoxy groups -OCH3 is 1. The second-order valence-electron chi connectivity index (χ2n) is 8.95. The molecule has 6 aromatic rings. The number of rotatable bonds is 9. The van der Waals surface area contributed by atoms with Gasteiger partial charge in [0.05, 0.1) is 25.1 Å². The Morgan fingerprint density at radius 1 is 0.976 bits per heavy atom. The van der Waals surface area contributed by atoms with Crippen LogP contribution in [0.1, 0.15) is 21.5 Å². The molecule has 1 amide bonds. The molecule has 9 heteroatoms. The van der Waals surface area contributed by atoms with E-state index < -0.39 is 0 Å². The molecule has 202 valence electrons. The topological polar surface area (TPSA) is 103 Å². The fourth-order valence-corrected chi connectivity index (χ4v) is 5.09. The van der Waals surface area contributed by atoms with Crippen LogP contribution in [0.5, 0.6) is 5.75 Å². The lowest BCUT2D eigenvalue weighted by atomic mass is 10.1. The summed E-state index contributed by atoms with van der Waals surface area (Å²) in [7, 11) is 1.63. The second kappa shape index (κ2) is 11.9. The second-order valence-corrected chi connectivity index (χ2v) is 9.87. The van der Waals surface area contributed by atoms with E-state index in [1.807, 2.05) is 78.9 Å². The fourth-order valence-electron chi connectivity index (χ4n) is 4.27. The molecule has 0 unspecified atom stereocenters. The van der Waals surface area contributed by atoms with E-state index >= 15 is 0 Å². The van der Waals surface area contributed by atoms with E-state index in [2.05, 4.69) is 20.5 Å². The molecule has 6 rings (SSSR count). The average molecular weight is 561 g/mol. The molecule has 4 aromatic carbocycles. The Labute approximate surface area is 240 Å². The van der Waals surface area contributed by atoms with E-state index in [1.165, 1.54) is 11.8 Å². The fraction of sp³-hybridized carbons (Fsp3) is 0.0625. The molecule has 8 nitrogen and oxygen atoms in total. The Balaban J connectivity index is 1.15. The first-order valence-corrected chi connectivity index (χ1v) is 13.8. The first kappa shape index (κ1) is 26.1. The summed E-state index contributed by atoms with van der Waals surface area (Å²) in [4.78, 5) is 22.0. The van der Waals surface area contributed by atoms with Crippen molar-refractivity contribution in [1.29, 1.82) is 0 Å². The van der Waals surface area contributed by atoms with Crippen LogP contribution in [-0.4, -0.2) is 29.2 Å². The summed E-state index contributed by atoms with van der Waals surface area (Å²) in [6.45, 7) is 0. The molecule has 2 aromatic heterocycles. The number of carbonyl (C=O) groups excluding carboxylic acids is 1. The molecule has 0 radical (unpaired) electrons. The minimum Gasteiger partial charge on any atom is -0.496 e. The Hall–Kier alpha value is -5.15. The van der Waals surface area contributed by atoms with Gasteiger partial charge < -0.3 is 13.6 Å². The molecular formula is C32H24N4O4S. The van der Waals surface area contributed by atoms with Crippen molar-refractivity contribution in [1.82, 2.24) is 15.4 Å². The van der Waals surface area contributed by atoms with E-state index in [1.54, 1.807) is 37.7 Å². The summed E-state index contributed by atoms with van der Waals surface area (Å²) in [6.07, 6.45) is 3.24. The number of hydrazone groups is 1. The number of nitrogens with zero attached hydrogens (tertiary/aromatic N) is 3. The van der Waals surface area contributed by atoms with Crippen LogP contribution in [0.2, 0.25) is 0 Å². The van der Waals surface area contributed by atoms with Crippen LogP contribution in [0.4, 0.5) is 0 Å². The van der Waals surface area contributed by atoms with Crippen molar-refractivity contribution < 1.29 is 18.4 Å². The van der Waals surface area contributed by atoms with E-state index in [0.717, 1.165) is 33.5 Å². The zero-order valence-corrected chi connectivity index (χ0v) is 22.8. The quantitative estimate of drug-likeness (QED) is 0.113. The summed E-state index contributed by atoms with van der Waals surface area (Å²) < 4.78 is 17.3. The molecule has 0 bridgehead atoms. The van der Waals surface area contributed by atoms with Gasteiger partial charge in [0.2, 0.25) is 5.89 Å². The monoisotopic (exact) mass is 560 g/mol. The summed E-state index contributed by atoms with van der Waals surface area (Å²) in [6, 6.07) is 30.2. The molecule has 0 saturated heterocycles. The van der Waals surface area contributed by atoms with Crippen molar-refractivity contribution in [3.8, 4) is 28.5 Å². The Morgan fingerprint density at radius 3 is 2.63 bits per heavy atom. The number of oxazole rings is 2. The van der Waals surface area contributed by atoms with Gasteiger partial charge in [0.15, 0.2) is 11.3 Å². The molecule has 41 heavy (non-hydrogen) atoms. The van der Waals surface area contributed by atoms with E-state index in [-0.39, 0.29) is 5.91 Å². The van der Waals surface area contributed by atoms with E-state index in [0.29, 0.717) is 33.8 Å². The standard InChI is InChI=1S/C32H24N4O4S/c1-38-27-16-15-21(17-23(27)20-41-32-35-26-13-7-8-14-28(26)40-32)18-34-36-30(37)24-11-5-6-12-25(24)31-33-19-29(39-31)22-9-3-2-4-10-22/h2-19H,20H2,1H3,(H,36,37)/b34-18-. The summed E-state index contributed by atoms with van der Waals surface area (Å²) in [5, 5.41) is 4.78. The predicted octanol–water partition coefficient (Wildman–Crippen LogP) is 7.21. The maximum atomic E-state index is 13.1. The minimum absolute atomic E-state index is 0.356. The number of fused-ring (bicyclic) bond motifs is 1. The van der Waals surface area contributed by atoms with Gasteiger partial charge in [-0.15, -0.1) is 0 Å². The van der Waals surface area contributed by atoms with E-state index in [4.69, 9.17) is 13.6 Å². The Kier molecular flexibility index (Phi) is 7.59. The largest absolute Gasteiger partial charge is 0.496 e. The first-order valence-electron chi connectivity index (χ1n) is 12.8. The van der Waals surface area contributed by atoms with Crippen LogP contribution in [0, 0.1) is 0 Å². The number of para-hydroxylation sites is 2. The van der Waals surface area contributed by atoms with Gasteiger partial charge in [0.1, 0.15) is 11.3 Å². The highest BCUT2D eigenvalue weighted by atomic mass is 32.2. The molecule has 0 aliphatic rings. The van der Waals surface area contributed by atoms with Crippen LogP contribution >= 0.6 is 11.8 Å². The van der Waals surface area contributed by atoms with Crippen molar-refractivity contribution in [3.05, 3.63) is 120 Å². The molecule has 0 saturated carbocycles. The number of aromatic nitrogens is 2. The van der Waals surface area contributed by atoms with Crippen molar-refractivity contribution >= 4 is 35.0 Å². The third-order valence-electron chi connectivity index (χ3n) is 6.28. The van der Waals surface area contributed by atoms with Gasteiger partial charge in [0.25, 0.3) is 11.1 Å². The summed E-state index contributed by atoms with van der Waals surface area (Å²) >= 11 is 1.48. The Bertz CT molecular complexity index is 1810. The smallest absolute Gasteiger partial charge is 0.272 e. The average Bonchev–Trinajstić information content (AvgIpc) is 3.68. The normalized spacial score (nSPS) is 11.2. The Morgan fingerprint density at radius 2 is 1.78 bits per heavy atom. The van der Waals surface area contributed by atoms with Crippen molar-refractivity contribution in [2.75, 3.05) is 7.11 Å². The highest BCUT2D eigenvalue weighted by Crippen LogP contribution is 2.31. The lowest BCUT2D eigenvalue weighted by Crippen LogP contribution is -2.18. The maximum Gasteiger partial charge on any atom is 0.272 e. The minimum atomic E-state index is -0.378. The predicted molar refractivity (Wildman–Crippen MR) is 159 cm³/mol. The van der Waals surface area contributed by atoms with Crippen LogP contribution in [-0.2, 0) is 5.75 Å². The molecule has 1 N–H and O–H groups in total. The number of carbonyl (C=O) groups is 1. The number of ether oxygens (including phenoxy) is 1. The molecule has 0 fully saturated rings. The number of hydrogen-bond acceptors (Lipinski definition) is 8. The highest BCUT2D eigenvalue weighted by Gasteiger charge is 2.17. The van der Waals surface area contributed by atoms with Crippen LogP contribution < -0.4 is 10.2 Å². The van der Waals surface area contributed by atoms with Gasteiger partial charge >= 0.3 is 0 Å². The lowest BCUT2D eigenvalue weighted by molar-refractivity contribution is 0.0955. The number of thioether (sulfide) groups is 1. The number of amides is 1. The zero-order chi connectivity index (χ0) is 28.0. The van der Waals surface area contributed by atoms with Crippen LogP contribution in [0.25, 0.3) is 33.9 Å². The van der Waals surface area contributed by atoms with Crippen LogP contribution in [0.3, 0.4) is 0 Å². The highest BCUT2D eigenvalue weighted by molar-refractivity contribution is 7.98. The van der Waals surface area contributed by atoms with Gasteiger partial charge in [-0.2, -0.15) is 5.10 Å². The summed E-state index contributed by atoms with van der Waals surface area (Å²) in [5.41, 5.74) is 7.81. The van der Waals surface area contributed by atoms with Crippen molar-refractivity contribution in [3.63, 3.8) is 0 Å². The first-order chi connectivity index (χ1) is 20.2. The van der Waals surface area contributed by atoms with Gasteiger partial charge in [-0.3, -0.25) is 4.79 Å². The molecule has 0 aliphatic carbocycles. The maximum absolute atomic E-state index is 13.1. The zero-order valence-electron chi connectivity index (χ0n) is 22.0. The molecule has 0 atom stereocenters. The SMILES string of the molecule is COc1ccc(/C=N\NC(=O)c2ccccc2-c2ncc(-c3ccccc3)o2)cc1CSc1nc2ccccc2o1. The van der Waals surface area contributed by atoms with Gasteiger partial charge in [-0.1, -0.05) is 66.4 Å².